The predicted molar refractivity (Wildman–Crippen MR) is 131 cm³/mol. The number of carbonyl (C=O) groups excluding carboxylic acids is 2. The summed E-state index contributed by atoms with van der Waals surface area (Å²) in [6, 6.07) is 0. The van der Waals surface area contributed by atoms with Gasteiger partial charge in [-0.15, -0.1) is 0 Å². The highest BCUT2D eigenvalue weighted by Gasteiger charge is 2.42. The number of hydrogen-bond acceptors (Lipinski definition) is 6. The molecule has 0 aliphatic heterocycles. The molecule has 1 N–H and O–H groups in total. The standard InChI is InChI=1S/C26H34F3NO5S/c1-17-8-6-5-7-9-24(3,12-17)22(31)34-16-21(15-30(33)36-26(27,28)29)35-23(32)25(4)13-18(2)10-19-11-20(19)14-25/h6-10,14,17-18,21,30H,5,11-13,15-16H2,1-4H3/b8-6+,9-7+. The molecule has 10 heteroatoms. The zero-order chi connectivity index (χ0) is 26.7. The molecule has 6 nitrogen and oxygen atoms in total. The van der Waals surface area contributed by atoms with Crippen molar-refractivity contribution in [2.45, 2.75) is 65.0 Å². The second-order valence-electron chi connectivity index (χ2n) is 10.6. The Kier molecular flexibility index (Phi) is 8.83. The number of hydrogen-bond donors (Lipinski definition) is 1. The van der Waals surface area contributed by atoms with E-state index in [4.69, 9.17) is 9.47 Å². The molecule has 3 aliphatic rings. The lowest BCUT2D eigenvalue weighted by Crippen LogP contribution is -3.02. The van der Waals surface area contributed by atoms with Crippen LogP contribution < -0.4 is 4.47 Å². The van der Waals surface area contributed by atoms with Gasteiger partial charge in [-0.1, -0.05) is 50.3 Å². The Labute approximate surface area is 214 Å². The maximum Gasteiger partial charge on any atom is 0.496 e. The van der Waals surface area contributed by atoms with Crippen LogP contribution in [0.5, 0.6) is 0 Å². The topological polar surface area (TPSA) is 80.1 Å². The Morgan fingerprint density at radius 3 is 2.53 bits per heavy atom. The summed E-state index contributed by atoms with van der Waals surface area (Å²) in [7, 11) is 0. The van der Waals surface area contributed by atoms with Gasteiger partial charge >= 0.3 is 17.4 Å². The Morgan fingerprint density at radius 1 is 1.14 bits per heavy atom. The normalized spacial score (nSPS) is 33.3. The summed E-state index contributed by atoms with van der Waals surface area (Å²) < 4.78 is 48.1. The lowest BCUT2D eigenvalue weighted by atomic mass is 9.80. The smallest absolute Gasteiger partial charge is 0.496 e. The third-order valence-corrected chi connectivity index (χ3v) is 7.22. The van der Waals surface area contributed by atoms with E-state index >= 15 is 0 Å². The van der Waals surface area contributed by atoms with Crippen molar-refractivity contribution in [1.82, 2.24) is 0 Å². The van der Waals surface area contributed by atoms with E-state index < -0.39 is 63.9 Å². The van der Waals surface area contributed by atoms with Crippen LogP contribution in [0.4, 0.5) is 13.2 Å². The van der Waals surface area contributed by atoms with Crippen molar-refractivity contribution < 1.29 is 36.7 Å². The van der Waals surface area contributed by atoms with Crippen LogP contribution in [0.3, 0.4) is 0 Å². The van der Waals surface area contributed by atoms with Crippen molar-refractivity contribution in [3.8, 4) is 0 Å². The van der Waals surface area contributed by atoms with Crippen LogP contribution in [0.25, 0.3) is 0 Å². The lowest BCUT2D eigenvalue weighted by molar-refractivity contribution is -0.703. The number of carbonyl (C=O) groups is 2. The van der Waals surface area contributed by atoms with Crippen molar-refractivity contribution in [2.24, 2.45) is 22.7 Å². The summed E-state index contributed by atoms with van der Waals surface area (Å²) in [5, 5.41) is 12.1. The van der Waals surface area contributed by atoms with E-state index in [9.17, 15) is 28.0 Å². The van der Waals surface area contributed by atoms with Gasteiger partial charge in [-0.05, 0) is 62.5 Å². The van der Waals surface area contributed by atoms with E-state index in [0.717, 1.165) is 12.0 Å². The fourth-order valence-corrected chi connectivity index (χ4v) is 5.44. The van der Waals surface area contributed by atoms with Crippen LogP contribution in [0.15, 0.2) is 47.6 Å². The molecule has 200 valence electrons. The quantitative estimate of drug-likeness (QED) is 0.210. The first-order valence-electron chi connectivity index (χ1n) is 12.1. The summed E-state index contributed by atoms with van der Waals surface area (Å²) in [4.78, 5) is 26.2. The van der Waals surface area contributed by atoms with Crippen LogP contribution in [0.2, 0.25) is 0 Å². The number of hydroxylamine groups is 1. The molecule has 3 aliphatic carbocycles. The number of alkyl halides is 3. The first-order valence-corrected chi connectivity index (χ1v) is 12.9. The van der Waals surface area contributed by atoms with Crippen LogP contribution in [-0.2, 0) is 19.1 Å². The minimum Gasteiger partial charge on any atom is -0.621 e. The van der Waals surface area contributed by atoms with Gasteiger partial charge in [-0.25, -0.2) is 0 Å². The van der Waals surface area contributed by atoms with Crippen molar-refractivity contribution in [3.63, 3.8) is 0 Å². The number of esters is 2. The van der Waals surface area contributed by atoms with Crippen LogP contribution in [-0.4, -0.2) is 36.7 Å². The molecular formula is C26H34F3NO5S. The second kappa shape index (κ2) is 11.1. The number of ether oxygens (including phenoxy) is 2. The second-order valence-corrected chi connectivity index (χ2v) is 11.7. The average Bonchev–Trinajstić information content (AvgIpc) is 3.45. The number of halogens is 3. The van der Waals surface area contributed by atoms with Crippen LogP contribution in [0, 0.1) is 27.9 Å². The highest BCUT2D eigenvalue weighted by molar-refractivity contribution is 7.93. The number of quaternary nitrogens is 1. The monoisotopic (exact) mass is 529 g/mol. The molecule has 3 rings (SSSR count). The molecule has 1 fully saturated rings. The molecule has 0 amide bonds. The molecule has 0 bridgehead atoms. The summed E-state index contributed by atoms with van der Waals surface area (Å²) in [5.74, 6) is -1.02. The van der Waals surface area contributed by atoms with Gasteiger partial charge in [0.2, 0.25) is 0 Å². The van der Waals surface area contributed by atoms with E-state index in [2.05, 4.69) is 6.08 Å². The zero-order valence-corrected chi connectivity index (χ0v) is 21.8. The van der Waals surface area contributed by atoms with E-state index in [1.807, 2.05) is 38.2 Å². The minimum atomic E-state index is -4.76. The Bertz CT molecular complexity index is 975. The highest BCUT2D eigenvalue weighted by Crippen LogP contribution is 2.47. The van der Waals surface area contributed by atoms with Gasteiger partial charge in [0.05, 0.1) is 10.8 Å². The fraction of sp³-hybridized carbons (Fsp3) is 0.615. The predicted octanol–water partition coefficient (Wildman–Crippen LogP) is 4.84. The van der Waals surface area contributed by atoms with E-state index in [1.54, 1.807) is 19.9 Å². The molecule has 36 heavy (non-hydrogen) atoms. The zero-order valence-electron chi connectivity index (χ0n) is 21.0. The van der Waals surface area contributed by atoms with Gasteiger partial charge in [-0.2, -0.15) is 13.2 Å². The number of allylic oxidation sites excluding steroid dienone is 6. The van der Waals surface area contributed by atoms with Crippen molar-refractivity contribution in [3.05, 3.63) is 52.8 Å². The maximum absolute atomic E-state index is 13.2. The van der Waals surface area contributed by atoms with E-state index in [1.165, 1.54) is 5.57 Å². The van der Waals surface area contributed by atoms with Gasteiger partial charge in [0.25, 0.3) is 0 Å². The SMILES string of the molecule is CC1C=C2CC2=CC(C)(C(=O)OC(COC(=O)C2(C)/C=C/C/C=C/C(C)C2)C[NH+]([O-])SC(F)(F)F)C1. The third kappa shape index (κ3) is 7.98. The molecule has 6 atom stereocenters. The lowest BCUT2D eigenvalue weighted by Gasteiger charge is -2.31. The Morgan fingerprint density at radius 2 is 1.83 bits per heavy atom. The largest absolute Gasteiger partial charge is 0.621 e. The van der Waals surface area contributed by atoms with Crippen LogP contribution >= 0.6 is 11.9 Å². The molecule has 0 saturated heterocycles. The van der Waals surface area contributed by atoms with Crippen molar-refractivity contribution >= 4 is 23.9 Å². The van der Waals surface area contributed by atoms with Crippen molar-refractivity contribution in [1.29, 1.82) is 0 Å². The number of fused-ring (bicyclic) bond motifs is 1. The van der Waals surface area contributed by atoms with Gasteiger partial charge in [0.15, 0.2) is 18.1 Å². The molecule has 6 unspecified atom stereocenters. The molecule has 0 aromatic heterocycles. The fourth-order valence-electron chi connectivity index (χ4n) is 4.91. The van der Waals surface area contributed by atoms with Gasteiger partial charge in [-0.3, -0.25) is 14.1 Å². The molecular weight excluding hydrogens is 495 g/mol. The summed E-state index contributed by atoms with van der Waals surface area (Å²) >= 11 is -0.785. The molecule has 0 heterocycles. The number of nitrogens with one attached hydrogen (secondary N) is 1. The molecule has 1 saturated carbocycles. The van der Waals surface area contributed by atoms with Gasteiger partial charge in [0, 0.05) is 0 Å². The first-order chi connectivity index (χ1) is 16.7. The van der Waals surface area contributed by atoms with Gasteiger partial charge in [0.1, 0.15) is 13.2 Å². The molecule has 0 aromatic carbocycles. The Balaban J connectivity index is 1.71. The van der Waals surface area contributed by atoms with E-state index in [0.29, 0.717) is 19.3 Å². The summed E-state index contributed by atoms with van der Waals surface area (Å²) in [6.45, 7) is 6.18. The Hall–Kier alpha value is -2.04. The molecule has 0 aromatic rings. The molecule has 0 radical (unpaired) electrons. The third-order valence-electron chi connectivity index (χ3n) is 6.59. The average molecular weight is 530 g/mol. The minimum absolute atomic E-state index is 0.106. The summed E-state index contributed by atoms with van der Waals surface area (Å²) in [5.41, 5.74) is -4.47. The van der Waals surface area contributed by atoms with Crippen molar-refractivity contribution in [2.75, 3.05) is 13.2 Å². The highest BCUT2D eigenvalue weighted by atomic mass is 32.2. The van der Waals surface area contributed by atoms with E-state index in [-0.39, 0.29) is 11.8 Å². The first kappa shape index (κ1) is 28.5. The maximum atomic E-state index is 13.2. The summed E-state index contributed by atoms with van der Waals surface area (Å²) in [6.07, 6.45) is 12.7. The van der Waals surface area contributed by atoms with Gasteiger partial charge < -0.3 is 14.7 Å². The molecule has 0 spiro atoms. The van der Waals surface area contributed by atoms with Crippen LogP contribution in [0.1, 0.15) is 53.4 Å². The number of rotatable bonds is 8.